The molecule has 3 aromatic rings. The van der Waals surface area contributed by atoms with Crippen LogP contribution >= 0.6 is 0 Å². The van der Waals surface area contributed by atoms with Crippen molar-refractivity contribution < 1.29 is 9.32 Å². The van der Waals surface area contributed by atoms with Crippen molar-refractivity contribution in [3.63, 3.8) is 0 Å². The number of pyridine rings is 1. The summed E-state index contributed by atoms with van der Waals surface area (Å²) in [7, 11) is 0. The zero-order chi connectivity index (χ0) is 20.6. The van der Waals surface area contributed by atoms with Gasteiger partial charge in [-0.15, -0.1) is 0 Å². The van der Waals surface area contributed by atoms with Crippen LogP contribution in [0.25, 0.3) is 17.3 Å². The molecule has 0 bridgehead atoms. The van der Waals surface area contributed by atoms with E-state index in [9.17, 15) is 4.79 Å². The van der Waals surface area contributed by atoms with E-state index in [2.05, 4.69) is 20.2 Å². The molecule has 0 aliphatic carbocycles. The number of carbonyl (C=O) groups is 1. The molecule has 0 spiro atoms. The third-order valence-electron chi connectivity index (χ3n) is 5.19. The number of aromatic nitrogens is 5. The maximum absolute atomic E-state index is 12.9. The molecule has 29 heavy (non-hydrogen) atoms. The molecule has 0 radical (unpaired) electrons. The van der Waals surface area contributed by atoms with Gasteiger partial charge in [0.2, 0.25) is 0 Å². The van der Waals surface area contributed by atoms with Crippen molar-refractivity contribution in [2.24, 2.45) is 0 Å². The van der Waals surface area contributed by atoms with Crippen LogP contribution in [0.3, 0.4) is 0 Å². The van der Waals surface area contributed by atoms with Gasteiger partial charge < -0.3 is 9.42 Å². The molecule has 4 heterocycles. The van der Waals surface area contributed by atoms with Crippen molar-refractivity contribution in [3.8, 4) is 17.3 Å². The Morgan fingerprint density at radius 2 is 1.93 bits per heavy atom. The fraction of sp³-hybridized carbons (Fsp3) is 0.476. The van der Waals surface area contributed by atoms with Gasteiger partial charge in [0.25, 0.3) is 11.8 Å². The van der Waals surface area contributed by atoms with Crippen molar-refractivity contribution in [2.45, 2.75) is 52.4 Å². The molecule has 0 aromatic carbocycles. The van der Waals surface area contributed by atoms with Gasteiger partial charge >= 0.3 is 0 Å². The molecule has 4 rings (SSSR count). The van der Waals surface area contributed by atoms with Gasteiger partial charge in [-0.1, -0.05) is 25.9 Å². The Labute approximate surface area is 169 Å². The molecule has 0 N–H and O–H groups in total. The summed E-state index contributed by atoms with van der Waals surface area (Å²) in [5.74, 6) is 1.73. The maximum atomic E-state index is 12.9. The minimum atomic E-state index is -0.195. The predicted octanol–water partition coefficient (Wildman–Crippen LogP) is 3.55. The Kier molecular flexibility index (Phi) is 4.94. The van der Waals surface area contributed by atoms with Crippen LogP contribution in [0, 0.1) is 6.92 Å². The largest absolute Gasteiger partial charge is 0.339 e. The van der Waals surface area contributed by atoms with E-state index in [1.807, 2.05) is 44.7 Å². The predicted molar refractivity (Wildman–Crippen MR) is 108 cm³/mol. The first-order valence-corrected chi connectivity index (χ1v) is 9.99. The summed E-state index contributed by atoms with van der Waals surface area (Å²) in [4.78, 5) is 23.7. The Morgan fingerprint density at radius 3 is 2.62 bits per heavy atom. The van der Waals surface area contributed by atoms with Gasteiger partial charge in [0.1, 0.15) is 0 Å². The Morgan fingerprint density at radius 1 is 1.17 bits per heavy atom. The van der Waals surface area contributed by atoms with Crippen LogP contribution in [0.2, 0.25) is 0 Å². The highest BCUT2D eigenvalue weighted by molar-refractivity contribution is 5.95. The van der Waals surface area contributed by atoms with Gasteiger partial charge in [-0.2, -0.15) is 10.1 Å². The number of rotatable bonds is 3. The van der Waals surface area contributed by atoms with E-state index in [1.165, 1.54) is 6.42 Å². The smallest absolute Gasteiger partial charge is 0.258 e. The number of nitrogens with zero attached hydrogens (tertiary/aromatic N) is 6. The van der Waals surface area contributed by atoms with Crippen LogP contribution in [0.5, 0.6) is 0 Å². The zero-order valence-electron chi connectivity index (χ0n) is 17.3. The van der Waals surface area contributed by atoms with Gasteiger partial charge in [0, 0.05) is 30.3 Å². The SMILES string of the molecule is Cc1c(C(=O)N2CCCCC2)cnn1-c1cc(-c2nc(C(C)(C)C)no2)ccn1. The minimum Gasteiger partial charge on any atom is -0.339 e. The minimum absolute atomic E-state index is 0.0383. The van der Waals surface area contributed by atoms with Gasteiger partial charge in [-0.05, 0) is 38.3 Å². The second-order valence-corrected chi connectivity index (χ2v) is 8.48. The molecular weight excluding hydrogens is 368 g/mol. The van der Waals surface area contributed by atoms with Crippen LogP contribution in [-0.2, 0) is 5.41 Å². The van der Waals surface area contributed by atoms with Crippen molar-refractivity contribution in [1.82, 2.24) is 29.8 Å². The van der Waals surface area contributed by atoms with Crippen LogP contribution < -0.4 is 0 Å². The van der Waals surface area contributed by atoms with Crippen LogP contribution in [0.15, 0.2) is 29.0 Å². The van der Waals surface area contributed by atoms with Crippen molar-refractivity contribution >= 4 is 5.91 Å². The number of hydrogen-bond donors (Lipinski definition) is 0. The second-order valence-electron chi connectivity index (χ2n) is 8.48. The van der Waals surface area contributed by atoms with E-state index in [1.54, 1.807) is 17.1 Å². The topological polar surface area (TPSA) is 89.9 Å². The summed E-state index contributed by atoms with van der Waals surface area (Å²) in [6, 6.07) is 3.66. The maximum Gasteiger partial charge on any atom is 0.258 e. The van der Waals surface area contributed by atoms with Crippen molar-refractivity contribution in [1.29, 1.82) is 0 Å². The lowest BCUT2D eigenvalue weighted by Crippen LogP contribution is -2.35. The molecule has 8 heteroatoms. The third-order valence-corrected chi connectivity index (χ3v) is 5.19. The Hall–Kier alpha value is -3.03. The number of piperidine rings is 1. The molecule has 152 valence electrons. The summed E-state index contributed by atoms with van der Waals surface area (Å²) in [6.07, 6.45) is 6.61. The first-order valence-electron chi connectivity index (χ1n) is 9.99. The van der Waals surface area contributed by atoms with Gasteiger partial charge in [0.05, 0.1) is 17.5 Å². The molecule has 1 saturated heterocycles. The van der Waals surface area contributed by atoms with E-state index >= 15 is 0 Å². The highest BCUT2D eigenvalue weighted by Crippen LogP contribution is 2.25. The Balaban J connectivity index is 1.63. The first kappa shape index (κ1) is 19.3. The molecule has 3 aromatic heterocycles. The highest BCUT2D eigenvalue weighted by Gasteiger charge is 2.24. The van der Waals surface area contributed by atoms with Gasteiger partial charge in [-0.25, -0.2) is 9.67 Å². The average Bonchev–Trinajstić information content (AvgIpc) is 3.35. The normalized spacial score (nSPS) is 15.0. The summed E-state index contributed by atoms with van der Waals surface area (Å²) in [6.45, 7) is 9.62. The van der Waals surface area contributed by atoms with Crippen LogP contribution in [0.4, 0.5) is 0 Å². The van der Waals surface area contributed by atoms with Crippen LogP contribution in [-0.4, -0.2) is 48.8 Å². The molecule has 1 aliphatic heterocycles. The van der Waals surface area contributed by atoms with E-state index in [4.69, 9.17) is 4.52 Å². The molecule has 0 unspecified atom stereocenters. The summed E-state index contributed by atoms with van der Waals surface area (Å²) >= 11 is 0. The first-order chi connectivity index (χ1) is 13.8. The molecular formula is C21H26N6O2. The lowest BCUT2D eigenvalue weighted by molar-refractivity contribution is 0.0723. The highest BCUT2D eigenvalue weighted by atomic mass is 16.5. The van der Waals surface area contributed by atoms with Gasteiger partial charge in [-0.3, -0.25) is 4.79 Å². The van der Waals surface area contributed by atoms with Gasteiger partial charge in [0.15, 0.2) is 11.6 Å². The van der Waals surface area contributed by atoms with E-state index in [0.29, 0.717) is 23.1 Å². The molecule has 1 amide bonds. The zero-order valence-corrected chi connectivity index (χ0v) is 17.3. The fourth-order valence-corrected chi connectivity index (χ4v) is 3.43. The number of amides is 1. The summed E-state index contributed by atoms with van der Waals surface area (Å²) in [5, 5.41) is 8.50. The fourth-order valence-electron chi connectivity index (χ4n) is 3.43. The second kappa shape index (κ2) is 7.42. The molecule has 8 nitrogen and oxygen atoms in total. The van der Waals surface area contributed by atoms with E-state index in [0.717, 1.165) is 37.2 Å². The number of likely N-dealkylation sites (tertiary alicyclic amines) is 1. The Bertz CT molecular complexity index is 1020. The lowest BCUT2D eigenvalue weighted by atomic mass is 9.96. The quantitative estimate of drug-likeness (QED) is 0.675. The molecule has 1 fully saturated rings. The number of hydrogen-bond acceptors (Lipinski definition) is 6. The molecule has 0 atom stereocenters. The van der Waals surface area contributed by atoms with E-state index in [-0.39, 0.29) is 11.3 Å². The average molecular weight is 394 g/mol. The summed E-state index contributed by atoms with van der Waals surface area (Å²) < 4.78 is 7.12. The molecule has 0 saturated carbocycles. The third kappa shape index (κ3) is 3.79. The summed E-state index contributed by atoms with van der Waals surface area (Å²) in [5.41, 5.74) is 1.95. The van der Waals surface area contributed by atoms with Crippen LogP contribution in [0.1, 0.15) is 61.9 Å². The van der Waals surface area contributed by atoms with Crippen molar-refractivity contribution in [3.05, 3.63) is 41.6 Å². The van der Waals surface area contributed by atoms with E-state index < -0.39 is 0 Å². The molecule has 1 aliphatic rings. The standard InChI is InChI=1S/C21H26N6O2/c1-14-16(19(28)26-10-6-5-7-11-26)13-23-27(14)17-12-15(8-9-22-17)18-24-20(25-29-18)21(2,3)4/h8-9,12-13H,5-7,10-11H2,1-4H3. The monoisotopic (exact) mass is 394 g/mol. The number of carbonyl (C=O) groups excluding carboxylic acids is 1. The van der Waals surface area contributed by atoms with Crippen molar-refractivity contribution in [2.75, 3.05) is 13.1 Å². The lowest BCUT2D eigenvalue weighted by Gasteiger charge is -2.26.